The van der Waals surface area contributed by atoms with E-state index in [1.165, 1.54) is 11.1 Å². The fourth-order valence-electron chi connectivity index (χ4n) is 4.82. The monoisotopic (exact) mass is 399 g/mol. The van der Waals surface area contributed by atoms with Crippen LogP contribution in [0.25, 0.3) is 5.69 Å². The standard InChI is InChI=1S/C25H25N3O2/c1-16-24-22(10-5-11-23(24)29)28(27-16)19-14-12-18(13-15-19)25(30)26-21-9-4-7-17-6-2-3-8-20(17)21/h2-3,6,8,12-15,21H,4-5,7,9-11H2,1H3,(H,26,30)/t21-/m1/s1. The number of carbonyl (C=O) groups is 2. The fraction of sp³-hybridized carbons (Fsp3) is 0.320. The molecule has 5 heteroatoms. The number of Topliss-reactive ketones (excluding diaryl/α,β-unsaturated/α-hetero) is 1. The third-order valence-electron chi connectivity index (χ3n) is 6.30. The maximum atomic E-state index is 12.9. The lowest BCUT2D eigenvalue weighted by Crippen LogP contribution is -2.30. The Morgan fingerprint density at radius 2 is 1.83 bits per heavy atom. The van der Waals surface area contributed by atoms with Crippen LogP contribution in [0, 0.1) is 6.92 Å². The Labute approximate surface area is 176 Å². The van der Waals surface area contributed by atoms with Crippen LogP contribution in [0.3, 0.4) is 0 Å². The first kappa shape index (κ1) is 18.8. The predicted octanol–water partition coefficient (Wildman–Crippen LogP) is 4.51. The molecule has 0 saturated carbocycles. The van der Waals surface area contributed by atoms with Crippen molar-refractivity contribution in [1.82, 2.24) is 15.1 Å². The molecule has 0 aliphatic heterocycles. The largest absolute Gasteiger partial charge is 0.345 e. The predicted molar refractivity (Wildman–Crippen MR) is 115 cm³/mol. The summed E-state index contributed by atoms with van der Waals surface area (Å²) in [6, 6.07) is 15.9. The first-order valence-corrected chi connectivity index (χ1v) is 10.7. The summed E-state index contributed by atoms with van der Waals surface area (Å²) in [4.78, 5) is 25.1. The molecule has 0 fully saturated rings. The van der Waals surface area contributed by atoms with Crippen LogP contribution in [-0.2, 0) is 12.8 Å². The van der Waals surface area contributed by atoms with E-state index in [4.69, 9.17) is 0 Å². The van der Waals surface area contributed by atoms with E-state index in [-0.39, 0.29) is 17.7 Å². The molecule has 152 valence electrons. The van der Waals surface area contributed by atoms with Crippen molar-refractivity contribution >= 4 is 11.7 Å². The number of nitrogens with one attached hydrogen (secondary N) is 1. The SMILES string of the molecule is Cc1nn(-c2ccc(C(=O)N[C@@H]3CCCc4ccccc43)cc2)c2c1C(=O)CCC2. The number of aryl methyl sites for hydroxylation is 2. The van der Waals surface area contributed by atoms with Crippen molar-refractivity contribution in [2.24, 2.45) is 0 Å². The maximum absolute atomic E-state index is 12.9. The zero-order chi connectivity index (χ0) is 20.7. The van der Waals surface area contributed by atoms with Crippen LogP contribution in [0.2, 0.25) is 0 Å². The molecule has 1 aromatic heterocycles. The van der Waals surface area contributed by atoms with Gasteiger partial charge in [-0.3, -0.25) is 9.59 Å². The van der Waals surface area contributed by atoms with Crippen molar-refractivity contribution in [3.8, 4) is 5.69 Å². The maximum Gasteiger partial charge on any atom is 0.251 e. The van der Waals surface area contributed by atoms with E-state index in [1.807, 2.05) is 41.9 Å². The van der Waals surface area contributed by atoms with E-state index >= 15 is 0 Å². The minimum absolute atomic E-state index is 0.0582. The minimum Gasteiger partial charge on any atom is -0.345 e. The van der Waals surface area contributed by atoms with Crippen LogP contribution in [0.15, 0.2) is 48.5 Å². The van der Waals surface area contributed by atoms with Crippen LogP contribution >= 0.6 is 0 Å². The molecule has 2 aliphatic carbocycles. The van der Waals surface area contributed by atoms with Crippen molar-refractivity contribution in [3.05, 3.63) is 82.2 Å². The van der Waals surface area contributed by atoms with Gasteiger partial charge in [0.05, 0.1) is 28.7 Å². The lowest BCUT2D eigenvalue weighted by Gasteiger charge is -2.26. The van der Waals surface area contributed by atoms with E-state index < -0.39 is 0 Å². The summed E-state index contributed by atoms with van der Waals surface area (Å²) in [5.74, 6) is 0.126. The van der Waals surface area contributed by atoms with E-state index in [0.717, 1.165) is 54.7 Å². The molecule has 2 aliphatic rings. The Balaban J connectivity index is 1.37. The molecule has 0 unspecified atom stereocenters. The molecule has 5 nitrogen and oxygen atoms in total. The Bertz CT molecular complexity index is 1130. The van der Waals surface area contributed by atoms with Crippen LogP contribution in [0.5, 0.6) is 0 Å². The molecule has 1 amide bonds. The Kier molecular flexibility index (Phi) is 4.74. The second-order valence-corrected chi connectivity index (χ2v) is 8.26. The summed E-state index contributed by atoms with van der Waals surface area (Å²) in [6.07, 6.45) is 5.44. The summed E-state index contributed by atoms with van der Waals surface area (Å²) in [6.45, 7) is 1.89. The zero-order valence-corrected chi connectivity index (χ0v) is 17.1. The van der Waals surface area contributed by atoms with E-state index in [0.29, 0.717) is 12.0 Å². The number of fused-ring (bicyclic) bond motifs is 2. The van der Waals surface area contributed by atoms with Gasteiger partial charge in [0.2, 0.25) is 0 Å². The van der Waals surface area contributed by atoms with Gasteiger partial charge < -0.3 is 5.32 Å². The zero-order valence-electron chi connectivity index (χ0n) is 17.1. The quantitative estimate of drug-likeness (QED) is 0.705. The average Bonchev–Trinajstić information content (AvgIpc) is 3.12. The first-order valence-electron chi connectivity index (χ1n) is 10.7. The van der Waals surface area contributed by atoms with Gasteiger partial charge in [-0.2, -0.15) is 5.10 Å². The highest BCUT2D eigenvalue weighted by Crippen LogP contribution is 2.30. The van der Waals surface area contributed by atoms with E-state index in [2.05, 4.69) is 28.6 Å². The molecule has 5 rings (SSSR count). The highest BCUT2D eigenvalue weighted by atomic mass is 16.1. The van der Waals surface area contributed by atoms with Gasteiger partial charge in [0.15, 0.2) is 5.78 Å². The van der Waals surface area contributed by atoms with Gasteiger partial charge in [-0.1, -0.05) is 24.3 Å². The summed E-state index contributed by atoms with van der Waals surface area (Å²) in [7, 11) is 0. The van der Waals surface area contributed by atoms with Crippen LogP contribution in [0.4, 0.5) is 0 Å². The summed E-state index contributed by atoms with van der Waals surface area (Å²) in [5.41, 5.74) is 6.63. The van der Waals surface area contributed by atoms with Gasteiger partial charge in [0.1, 0.15) is 0 Å². The highest BCUT2D eigenvalue weighted by Gasteiger charge is 2.26. The topological polar surface area (TPSA) is 64.0 Å². The number of carbonyl (C=O) groups excluding carboxylic acids is 2. The van der Waals surface area contributed by atoms with Crippen molar-refractivity contribution in [1.29, 1.82) is 0 Å². The van der Waals surface area contributed by atoms with E-state index in [1.54, 1.807) is 0 Å². The van der Waals surface area contributed by atoms with Crippen LogP contribution in [-0.4, -0.2) is 21.5 Å². The number of amides is 1. The molecule has 0 radical (unpaired) electrons. The summed E-state index contributed by atoms with van der Waals surface area (Å²) >= 11 is 0. The average molecular weight is 399 g/mol. The number of aromatic nitrogens is 2. The van der Waals surface area contributed by atoms with Gasteiger partial charge in [0, 0.05) is 12.0 Å². The molecule has 2 aromatic carbocycles. The molecule has 0 saturated heterocycles. The molecular formula is C25H25N3O2. The number of nitrogens with zero attached hydrogens (tertiary/aromatic N) is 2. The molecular weight excluding hydrogens is 374 g/mol. The second kappa shape index (κ2) is 7.56. The lowest BCUT2D eigenvalue weighted by molar-refractivity contribution is 0.0931. The normalized spacial score (nSPS) is 17.9. The number of hydrogen-bond acceptors (Lipinski definition) is 3. The Hall–Kier alpha value is -3.21. The van der Waals surface area contributed by atoms with Crippen molar-refractivity contribution in [2.75, 3.05) is 0 Å². The van der Waals surface area contributed by atoms with Gasteiger partial charge in [0.25, 0.3) is 5.91 Å². The first-order chi connectivity index (χ1) is 14.6. The van der Waals surface area contributed by atoms with Gasteiger partial charge in [-0.15, -0.1) is 0 Å². The van der Waals surface area contributed by atoms with Crippen molar-refractivity contribution in [2.45, 2.75) is 51.5 Å². The number of hydrogen-bond donors (Lipinski definition) is 1. The Morgan fingerprint density at radius 1 is 1.03 bits per heavy atom. The van der Waals surface area contributed by atoms with Crippen molar-refractivity contribution in [3.63, 3.8) is 0 Å². The molecule has 1 N–H and O–H groups in total. The molecule has 30 heavy (non-hydrogen) atoms. The van der Waals surface area contributed by atoms with Crippen LogP contribution < -0.4 is 5.32 Å². The fourth-order valence-corrected chi connectivity index (χ4v) is 4.82. The van der Waals surface area contributed by atoms with Gasteiger partial charge in [-0.25, -0.2) is 4.68 Å². The second-order valence-electron chi connectivity index (χ2n) is 8.26. The third-order valence-corrected chi connectivity index (χ3v) is 6.30. The number of ketones is 1. The van der Waals surface area contributed by atoms with Crippen LogP contribution in [0.1, 0.15) is 75.0 Å². The highest BCUT2D eigenvalue weighted by molar-refractivity contribution is 5.99. The van der Waals surface area contributed by atoms with Crippen molar-refractivity contribution < 1.29 is 9.59 Å². The molecule has 1 heterocycles. The number of benzene rings is 2. The number of rotatable bonds is 3. The summed E-state index contributed by atoms with van der Waals surface area (Å²) in [5, 5.41) is 7.81. The van der Waals surface area contributed by atoms with E-state index in [9.17, 15) is 9.59 Å². The Morgan fingerprint density at radius 3 is 2.67 bits per heavy atom. The molecule has 0 spiro atoms. The summed E-state index contributed by atoms with van der Waals surface area (Å²) < 4.78 is 1.86. The van der Waals surface area contributed by atoms with Gasteiger partial charge >= 0.3 is 0 Å². The molecule has 0 bridgehead atoms. The van der Waals surface area contributed by atoms with Gasteiger partial charge in [-0.05, 0) is 74.4 Å². The molecule has 3 aromatic rings. The third kappa shape index (κ3) is 3.24. The molecule has 1 atom stereocenters. The smallest absolute Gasteiger partial charge is 0.251 e. The minimum atomic E-state index is -0.0582. The lowest BCUT2D eigenvalue weighted by atomic mass is 9.87.